The molecule has 0 unspecified atom stereocenters. The number of rotatable bonds is 4. The van der Waals surface area contributed by atoms with Gasteiger partial charge in [0.15, 0.2) is 11.5 Å². The third-order valence-electron chi connectivity index (χ3n) is 6.07. The number of phenols is 1. The van der Waals surface area contributed by atoms with Crippen molar-refractivity contribution in [2.45, 2.75) is 6.92 Å². The summed E-state index contributed by atoms with van der Waals surface area (Å²) in [6.07, 6.45) is 0. The van der Waals surface area contributed by atoms with E-state index < -0.39 is 0 Å². The molecular weight excluding hydrogens is 426 g/mol. The van der Waals surface area contributed by atoms with Gasteiger partial charge in [0.1, 0.15) is 17.2 Å². The highest BCUT2D eigenvalue weighted by molar-refractivity contribution is 5.87. The number of pyridine rings is 1. The maximum absolute atomic E-state index is 11.2. The highest BCUT2D eigenvalue weighted by atomic mass is 16.5. The van der Waals surface area contributed by atoms with Crippen molar-refractivity contribution in [3.63, 3.8) is 0 Å². The Morgan fingerprint density at radius 3 is 2.41 bits per heavy atom. The second-order valence-electron chi connectivity index (χ2n) is 8.30. The normalized spacial score (nSPS) is 12.9. The van der Waals surface area contributed by atoms with Gasteiger partial charge in [-0.2, -0.15) is 4.98 Å². The first kappa shape index (κ1) is 20.1. The first-order chi connectivity index (χ1) is 16.6. The smallest absolute Gasteiger partial charge is 0.221 e. The summed E-state index contributed by atoms with van der Waals surface area (Å²) in [5.41, 5.74) is 4.48. The molecule has 1 N–H and O–H groups in total. The summed E-state index contributed by atoms with van der Waals surface area (Å²) in [6.45, 7) is 2.62. The Hall–Kier alpha value is -4.52. The zero-order valence-electron chi connectivity index (χ0n) is 18.9. The number of fused-ring (bicyclic) bond motifs is 2. The molecule has 0 saturated carbocycles. The van der Waals surface area contributed by atoms with Crippen LogP contribution in [0.2, 0.25) is 0 Å². The Balaban J connectivity index is 1.38. The van der Waals surface area contributed by atoms with Gasteiger partial charge in [-0.05, 0) is 49.4 Å². The third-order valence-corrected chi connectivity index (χ3v) is 6.07. The quantitative estimate of drug-likeness (QED) is 0.376. The van der Waals surface area contributed by atoms with Crippen molar-refractivity contribution in [2.75, 3.05) is 23.5 Å². The van der Waals surface area contributed by atoms with Crippen LogP contribution in [0.4, 0.5) is 17.2 Å². The molecule has 5 aromatic rings. The minimum Gasteiger partial charge on any atom is -0.503 e. The summed E-state index contributed by atoms with van der Waals surface area (Å²) in [5.74, 6) is 2.32. The number of ether oxygens (including phenoxy) is 1. The number of imidazole rings is 1. The van der Waals surface area contributed by atoms with Crippen LogP contribution in [0, 0.1) is 6.92 Å². The fraction of sp³-hybridized carbons (Fsp3) is 0.111. The van der Waals surface area contributed by atoms with Crippen molar-refractivity contribution in [3.8, 4) is 23.1 Å². The number of nitrogens with zero attached hydrogens (tertiary/aromatic N) is 5. The summed E-state index contributed by atoms with van der Waals surface area (Å²) in [4.78, 5) is 13.7. The van der Waals surface area contributed by atoms with Crippen LogP contribution >= 0.6 is 0 Å². The second-order valence-corrected chi connectivity index (χ2v) is 8.30. The Labute approximate surface area is 197 Å². The number of benzene rings is 3. The number of hydrogen-bond acceptors (Lipinski definition) is 6. The van der Waals surface area contributed by atoms with E-state index in [1.807, 2.05) is 72.2 Å². The fourth-order valence-electron chi connectivity index (χ4n) is 4.52. The molecule has 0 radical (unpaired) electrons. The third kappa shape index (κ3) is 3.21. The maximum atomic E-state index is 11.2. The molecule has 0 bridgehead atoms. The molecule has 0 aliphatic carbocycles. The number of hydrogen-bond donors (Lipinski definition) is 1. The lowest BCUT2D eigenvalue weighted by atomic mass is 10.2. The number of aromatic nitrogens is 3. The van der Waals surface area contributed by atoms with Crippen LogP contribution in [0.3, 0.4) is 0 Å². The van der Waals surface area contributed by atoms with E-state index in [9.17, 15) is 5.11 Å². The van der Waals surface area contributed by atoms with Crippen LogP contribution in [-0.2, 0) is 0 Å². The molecule has 0 atom stereocenters. The molecule has 1 aliphatic heterocycles. The highest BCUT2D eigenvalue weighted by Gasteiger charge is 2.25. The van der Waals surface area contributed by atoms with Gasteiger partial charge in [0, 0.05) is 18.8 Å². The van der Waals surface area contributed by atoms with Crippen LogP contribution in [-0.4, -0.2) is 33.4 Å². The van der Waals surface area contributed by atoms with Gasteiger partial charge < -0.3 is 19.6 Å². The van der Waals surface area contributed by atoms with E-state index in [4.69, 9.17) is 9.72 Å². The van der Waals surface area contributed by atoms with Crippen molar-refractivity contribution in [2.24, 2.45) is 0 Å². The van der Waals surface area contributed by atoms with Gasteiger partial charge >= 0.3 is 0 Å². The molecule has 6 rings (SSSR count). The van der Waals surface area contributed by atoms with Gasteiger partial charge in [-0.15, -0.1) is 0 Å². The summed E-state index contributed by atoms with van der Waals surface area (Å²) in [7, 11) is 2.06. The van der Waals surface area contributed by atoms with Crippen LogP contribution < -0.4 is 14.5 Å². The molecule has 1 aliphatic rings. The average Bonchev–Trinajstić information content (AvgIpc) is 3.39. The number of anilines is 3. The van der Waals surface area contributed by atoms with E-state index in [-0.39, 0.29) is 5.75 Å². The lowest BCUT2D eigenvalue weighted by molar-refractivity contribution is 0.406. The lowest BCUT2D eigenvalue weighted by Crippen LogP contribution is -2.24. The lowest BCUT2D eigenvalue weighted by Gasteiger charge is -2.19. The standard InChI is InChI=1S/C27H23N5O2/c1-18-28-20-15-16-23(27(33)26(20)32(18)19-9-4-3-5-10-19)34-25-14-8-13-24(29-25)31-17-30(2)21-11-6-7-12-22(21)31/h3-16,33H,17H2,1-2H3. The molecule has 0 fully saturated rings. The van der Waals surface area contributed by atoms with Crippen LogP contribution in [0.25, 0.3) is 16.7 Å². The molecule has 0 spiro atoms. The zero-order valence-corrected chi connectivity index (χ0v) is 18.9. The van der Waals surface area contributed by atoms with E-state index in [0.717, 1.165) is 28.7 Å². The maximum Gasteiger partial charge on any atom is 0.221 e. The van der Waals surface area contributed by atoms with Crippen LogP contribution in [0.5, 0.6) is 17.4 Å². The van der Waals surface area contributed by atoms with E-state index in [2.05, 4.69) is 34.0 Å². The van der Waals surface area contributed by atoms with Gasteiger partial charge in [-0.25, -0.2) is 4.98 Å². The van der Waals surface area contributed by atoms with E-state index in [0.29, 0.717) is 29.3 Å². The first-order valence-corrected chi connectivity index (χ1v) is 11.1. The van der Waals surface area contributed by atoms with Crippen molar-refractivity contribution < 1.29 is 9.84 Å². The van der Waals surface area contributed by atoms with Gasteiger partial charge in [0.2, 0.25) is 5.88 Å². The number of para-hydroxylation sites is 3. The molecule has 168 valence electrons. The largest absolute Gasteiger partial charge is 0.503 e. The summed E-state index contributed by atoms with van der Waals surface area (Å²) < 4.78 is 8.02. The van der Waals surface area contributed by atoms with Crippen molar-refractivity contribution in [1.29, 1.82) is 0 Å². The van der Waals surface area contributed by atoms with E-state index >= 15 is 0 Å². The van der Waals surface area contributed by atoms with Crippen LogP contribution in [0.1, 0.15) is 5.82 Å². The minimum atomic E-state index is 0.0282. The summed E-state index contributed by atoms with van der Waals surface area (Å²) in [5, 5.41) is 11.2. The van der Waals surface area contributed by atoms with E-state index in [1.54, 1.807) is 12.1 Å². The minimum absolute atomic E-state index is 0.0282. The van der Waals surface area contributed by atoms with Gasteiger partial charge in [-0.1, -0.05) is 36.4 Å². The molecule has 0 saturated heterocycles. The van der Waals surface area contributed by atoms with E-state index in [1.165, 1.54) is 0 Å². The SMILES string of the molecule is Cc1nc2ccc(Oc3cccc(N4CN(C)c5ccccc54)n3)c(O)c2n1-c1ccccc1. The topological polar surface area (TPSA) is 66.7 Å². The molecule has 0 amide bonds. The molecule has 34 heavy (non-hydrogen) atoms. The molecule has 3 aromatic carbocycles. The number of aryl methyl sites for hydroxylation is 1. The fourth-order valence-corrected chi connectivity index (χ4v) is 4.52. The number of phenolic OH excluding ortho intramolecular Hbond substituents is 1. The molecule has 2 aromatic heterocycles. The average molecular weight is 450 g/mol. The molecular formula is C27H23N5O2. The van der Waals surface area contributed by atoms with Gasteiger partial charge in [0.25, 0.3) is 0 Å². The van der Waals surface area contributed by atoms with Crippen molar-refractivity contribution in [1.82, 2.24) is 14.5 Å². The Bertz CT molecular complexity index is 1510. The predicted molar refractivity (Wildman–Crippen MR) is 134 cm³/mol. The van der Waals surface area contributed by atoms with Gasteiger partial charge in [0.05, 0.1) is 23.6 Å². The highest BCUT2D eigenvalue weighted by Crippen LogP contribution is 2.41. The predicted octanol–water partition coefficient (Wildman–Crippen LogP) is 5.77. The Morgan fingerprint density at radius 1 is 0.824 bits per heavy atom. The molecule has 7 heteroatoms. The van der Waals surface area contributed by atoms with Crippen LogP contribution in [0.15, 0.2) is 84.9 Å². The molecule has 7 nitrogen and oxygen atoms in total. The Kier molecular flexibility index (Phi) is 4.62. The zero-order chi connectivity index (χ0) is 23.2. The monoisotopic (exact) mass is 449 g/mol. The second kappa shape index (κ2) is 7.81. The first-order valence-electron chi connectivity index (χ1n) is 11.1. The van der Waals surface area contributed by atoms with Crippen molar-refractivity contribution >= 4 is 28.2 Å². The summed E-state index contributed by atoms with van der Waals surface area (Å²) in [6, 6.07) is 27.3. The van der Waals surface area contributed by atoms with Gasteiger partial charge in [-0.3, -0.25) is 4.57 Å². The molecule has 3 heterocycles. The Morgan fingerprint density at radius 2 is 1.59 bits per heavy atom. The number of aromatic hydroxyl groups is 1. The summed E-state index contributed by atoms with van der Waals surface area (Å²) >= 11 is 0. The van der Waals surface area contributed by atoms with Crippen molar-refractivity contribution in [3.05, 3.63) is 90.8 Å².